The van der Waals surface area contributed by atoms with E-state index in [2.05, 4.69) is 5.32 Å². The Morgan fingerprint density at radius 1 is 1.33 bits per heavy atom. The fourth-order valence-electron chi connectivity index (χ4n) is 1.73. The van der Waals surface area contributed by atoms with Crippen LogP contribution in [0.25, 0.3) is 0 Å². The van der Waals surface area contributed by atoms with Crippen molar-refractivity contribution in [3.8, 4) is 6.07 Å². The zero-order valence-corrected chi connectivity index (χ0v) is 10.9. The highest BCUT2D eigenvalue weighted by atomic mass is 19.1. The van der Waals surface area contributed by atoms with E-state index in [0.29, 0.717) is 5.76 Å². The molecule has 0 saturated heterocycles. The second kappa shape index (κ2) is 6.48. The van der Waals surface area contributed by atoms with Gasteiger partial charge < -0.3 is 9.73 Å². The molecule has 1 aromatic heterocycles. The second-order valence-corrected chi connectivity index (χ2v) is 4.23. The molecule has 0 spiro atoms. The van der Waals surface area contributed by atoms with E-state index in [4.69, 9.17) is 9.68 Å². The van der Waals surface area contributed by atoms with Crippen LogP contribution < -0.4 is 5.32 Å². The number of carbonyl (C=O) groups is 2. The van der Waals surface area contributed by atoms with Gasteiger partial charge in [-0.2, -0.15) is 5.26 Å². The van der Waals surface area contributed by atoms with Gasteiger partial charge in [0.2, 0.25) is 5.91 Å². The number of carbonyl (C=O) groups excluding carboxylic acids is 2. The fourth-order valence-corrected chi connectivity index (χ4v) is 1.73. The maximum absolute atomic E-state index is 13.1. The number of nitriles is 1. The third-order valence-electron chi connectivity index (χ3n) is 2.78. The van der Waals surface area contributed by atoms with Gasteiger partial charge in [-0.1, -0.05) is 12.1 Å². The van der Waals surface area contributed by atoms with Gasteiger partial charge in [0.25, 0.3) is 0 Å². The summed E-state index contributed by atoms with van der Waals surface area (Å²) in [5, 5.41) is 11.4. The molecule has 1 N–H and O–H groups in total. The predicted octanol–water partition coefficient (Wildman–Crippen LogP) is 2.06. The number of amides is 1. The van der Waals surface area contributed by atoms with Gasteiger partial charge in [0.1, 0.15) is 11.6 Å². The quantitative estimate of drug-likeness (QED) is 0.673. The molecule has 0 saturated carbocycles. The highest BCUT2D eigenvalue weighted by Crippen LogP contribution is 2.11. The number of rotatable bonds is 5. The van der Waals surface area contributed by atoms with Crippen LogP contribution in [0, 0.1) is 23.1 Å². The minimum Gasteiger partial charge on any atom is -0.467 e. The van der Waals surface area contributed by atoms with Gasteiger partial charge in [0.05, 0.1) is 18.9 Å². The van der Waals surface area contributed by atoms with Gasteiger partial charge in [-0.05, 0) is 24.3 Å². The number of hydrogen-bond acceptors (Lipinski definition) is 4. The van der Waals surface area contributed by atoms with E-state index in [1.54, 1.807) is 18.2 Å². The maximum Gasteiger partial charge on any atom is 0.245 e. The third-order valence-corrected chi connectivity index (χ3v) is 2.78. The molecule has 1 atom stereocenters. The van der Waals surface area contributed by atoms with Gasteiger partial charge >= 0.3 is 0 Å². The molecule has 0 aliphatic rings. The number of ketones is 1. The van der Waals surface area contributed by atoms with Crippen molar-refractivity contribution in [3.05, 3.63) is 59.8 Å². The zero-order valence-electron chi connectivity index (χ0n) is 10.9. The van der Waals surface area contributed by atoms with E-state index in [0.717, 1.165) is 6.07 Å². The highest BCUT2D eigenvalue weighted by molar-refractivity contribution is 6.12. The van der Waals surface area contributed by atoms with Crippen molar-refractivity contribution < 1.29 is 18.4 Å². The summed E-state index contributed by atoms with van der Waals surface area (Å²) in [5.74, 6) is -3.12. The Balaban J connectivity index is 2.06. The van der Waals surface area contributed by atoms with Crippen LogP contribution >= 0.6 is 0 Å². The smallest absolute Gasteiger partial charge is 0.245 e. The SMILES string of the molecule is N#CC(C(=O)NCc1ccco1)C(=O)c1cccc(F)c1. The van der Waals surface area contributed by atoms with Crippen LogP contribution in [0.4, 0.5) is 4.39 Å². The van der Waals surface area contributed by atoms with E-state index >= 15 is 0 Å². The first-order valence-electron chi connectivity index (χ1n) is 6.11. The molecule has 0 fully saturated rings. The monoisotopic (exact) mass is 286 g/mol. The molecule has 2 aromatic rings. The van der Waals surface area contributed by atoms with Crippen molar-refractivity contribution in [2.45, 2.75) is 6.54 Å². The first-order chi connectivity index (χ1) is 10.1. The molecule has 0 aliphatic heterocycles. The molecule has 1 heterocycles. The summed E-state index contributed by atoms with van der Waals surface area (Å²) in [7, 11) is 0. The minimum atomic E-state index is -1.53. The maximum atomic E-state index is 13.1. The van der Waals surface area contributed by atoms with Gasteiger partial charge in [-0.25, -0.2) is 4.39 Å². The fraction of sp³-hybridized carbons (Fsp3) is 0.133. The first-order valence-corrected chi connectivity index (χ1v) is 6.11. The average molecular weight is 286 g/mol. The van der Waals surface area contributed by atoms with Crippen molar-refractivity contribution in [2.24, 2.45) is 5.92 Å². The molecule has 0 bridgehead atoms. The molecule has 0 radical (unpaired) electrons. The summed E-state index contributed by atoms with van der Waals surface area (Å²) in [5.41, 5.74) is -0.0188. The molecule has 21 heavy (non-hydrogen) atoms. The summed E-state index contributed by atoms with van der Waals surface area (Å²) in [6, 6.07) is 9.81. The predicted molar refractivity (Wildman–Crippen MR) is 70.4 cm³/mol. The lowest BCUT2D eigenvalue weighted by Gasteiger charge is -2.08. The van der Waals surface area contributed by atoms with Gasteiger partial charge in [0.15, 0.2) is 11.7 Å². The Bertz CT molecular complexity index is 689. The molecule has 0 aliphatic carbocycles. The summed E-state index contributed by atoms with van der Waals surface area (Å²) in [4.78, 5) is 23.9. The highest BCUT2D eigenvalue weighted by Gasteiger charge is 2.27. The van der Waals surface area contributed by atoms with Crippen LogP contribution in [-0.2, 0) is 11.3 Å². The lowest BCUT2D eigenvalue weighted by atomic mass is 9.98. The molecule has 5 nitrogen and oxygen atoms in total. The van der Waals surface area contributed by atoms with Crippen molar-refractivity contribution >= 4 is 11.7 Å². The lowest BCUT2D eigenvalue weighted by molar-refractivity contribution is -0.122. The van der Waals surface area contributed by atoms with Crippen molar-refractivity contribution in [1.29, 1.82) is 5.26 Å². The molecular formula is C15H11FN2O3. The van der Waals surface area contributed by atoms with Crippen LogP contribution in [0.3, 0.4) is 0 Å². The van der Waals surface area contributed by atoms with Crippen LogP contribution in [0.1, 0.15) is 16.1 Å². The number of furan rings is 1. The van der Waals surface area contributed by atoms with E-state index < -0.39 is 23.4 Å². The number of benzene rings is 1. The van der Waals surface area contributed by atoms with Crippen molar-refractivity contribution in [2.75, 3.05) is 0 Å². The number of Topliss-reactive ketones (excluding diaryl/α,β-unsaturated/α-hetero) is 1. The van der Waals surface area contributed by atoms with Crippen molar-refractivity contribution in [3.63, 3.8) is 0 Å². The second-order valence-electron chi connectivity index (χ2n) is 4.23. The van der Waals surface area contributed by atoms with Gasteiger partial charge in [0, 0.05) is 5.56 Å². The van der Waals surface area contributed by atoms with E-state index in [9.17, 15) is 14.0 Å². The topological polar surface area (TPSA) is 83.1 Å². The summed E-state index contributed by atoms with van der Waals surface area (Å²) in [6.07, 6.45) is 1.45. The Morgan fingerprint density at radius 2 is 2.14 bits per heavy atom. The minimum absolute atomic E-state index is 0.0188. The Labute approximate surface area is 120 Å². The molecule has 1 amide bonds. The average Bonchev–Trinajstić information content (AvgIpc) is 2.99. The normalized spacial score (nSPS) is 11.4. The molecule has 106 valence electrons. The van der Waals surface area contributed by atoms with E-state index in [1.807, 2.05) is 0 Å². The van der Waals surface area contributed by atoms with Crippen LogP contribution in [-0.4, -0.2) is 11.7 Å². The summed E-state index contributed by atoms with van der Waals surface area (Å²) >= 11 is 0. The van der Waals surface area contributed by atoms with Gasteiger partial charge in [-0.15, -0.1) is 0 Å². The zero-order chi connectivity index (χ0) is 15.2. The standard InChI is InChI=1S/C15H11FN2O3/c16-11-4-1-3-10(7-11)14(19)13(8-17)15(20)18-9-12-5-2-6-21-12/h1-7,13H,9H2,(H,18,20). The Kier molecular flexibility index (Phi) is 4.46. The lowest BCUT2D eigenvalue weighted by Crippen LogP contribution is -2.34. The number of hydrogen-bond donors (Lipinski definition) is 1. The Hall–Kier alpha value is -2.94. The largest absolute Gasteiger partial charge is 0.467 e. The molecule has 1 aromatic carbocycles. The number of halogens is 1. The van der Waals surface area contributed by atoms with Gasteiger partial charge in [-0.3, -0.25) is 9.59 Å². The Morgan fingerprint density at radius 3 is 2.76 bits per heavy atom. The summed E-state index contributed by atoms with van der Waals surface area (Å²) < 4.78 is 18.1. The first kappa shape index (κ1) is 14.5. The molecule has 2 rings (SSSR count). The molecule has 6 heteroatoms. The molecular weight excluding hydrogens is 275 g/mol. The number of nitrogens with one attached hydrogen (secondary N) is 1. The van der Waals surface area contributed by atoms with Crippen molar-refractivity contribution in [1.82, 2.24) is 5.32 Å². The summed E-state index contributed by atoms with van der Waals surface area (Å²) in [6.45, 7) is 0.0699. The van der Waals surface area contributed by atoms with E-state index in [-0.39, 0.29) is 12.1 Å². The van der Waals surface area contributed by atoms with Crippen LogP contribution in [0.15, 0.2) is 47.1 Å². The van der Waals surface area contributed by atoms with E-state index in [1.165, 1.54) is 24.5 Å². The third kappa shape index (κ3) is 3.54. The number of nitrogens with zero attached hydrogens (tertiary/aromatic N) is 1. The molecule has 1 unspecified atom stereocenters. The van der Waals surface area contributed by atoms with Crippen LogP contribution in [0.2, 0.25) is 0 Å². The van der Waals surface area contributed by atoms with Crippen LogP contribution in [0.5, 0.6) is 0 Å².